The van der Waals surface area contributed by atoms with E-state index in [1.54, 1.807) is 11.3 Å². The van der Waals surface area contributed by atoms with Crippen LogP contribution in [0.2, 0.25) is 0 Å². The van der Waals surface area contributed by atoms with Crippen molar-refractivity contribution >= 4 is 27.4 Å². The molecule has 1 N–H and O–H groups in total. The van der Waals surface area contributed by atoms with E-state index in [4.69, 9.17) is 9.57 Å². The van der Waals surface area contributed by atoms with Crippen LogP contribution in [0.4, 0.5) is 5.82 Å². The van der Waals surface area contributed by atoms with Gasteiger partial charge in [0.15, 0.2) is 5.82 Å². The van der Waals surface area contributed by atoms with Gasteiger partial charge in [-0.15, -0.1) is 11.3 Å². The Labute approximate surface area is 135 Å². The predicted octanol–water partition coefficient (Wildman–Crippen LogP) is 3.58. The van der Waals surface area contributed by atoms with Gasteiger partial charge in [0.1, 0.15) is 10.7 Å². The first kappa shape index (κ1) is 15.6. The van der Waals surface area contributed by atoms with Gasteiger partial charge in [-0.3, -0.25) is 4.84 Å². The van der Waals surface area contributed by atoms with Gasteiger partial charge in [0.25, 0.3) is 0 Å². The molecular formula is C16H23N3O2S. The number of thiophene rings is 1. The van der Waals surface area contributed by atoms with Crippen molar-refractivity contribution in [3.8, 4) is 0 Å². The Hall–Kier alpha value is -1.24. The molecule has 5 nitrogen and oxygen atoms in total. The molecule has 1 saturated heterocycles. The lowest BCUT2D eigenvalue weighted by molar-refractivity contribution is 0.126. The minimum absolute atomic E-state index is 0.475. The number of fused-ring (bicyclic) bond motifs is 1. The van der Waals surface area contributed by atoms with E-state index in [0.29, 0.717) is 18.4 Å². The molecule has 1 atom stereocenters. The van der Waals surface area contributed by atoms with Gasteiger partial charge in [-0.1, -0.05) is 13.8 Å². The van der Waals surface area contributed by atoms with Crippen LogP contribution < -0.4 is 5.48 Å². The van der Waals surface area contributed by atoms with Crippen LogP contribution in [0, 0.1) is 18.8 Å². The van der Waals surface area contributed by atoms with Crippen molar-refractivity contribution in [3.63, 3.8) is 0 Å². The third-order valence-electron chi connectivity index (χ3n) is 3.76. The van der Waals surface area contributed by atoms with Crippen molar-refractivity contribution in [2.45, 2.75) is 33.6 Å². The zero-order chi connectivity index (χ0) is 15.5. The Balaban J connectivity index is 1.78. The second-order valence-electron chi connectivity index (χ2n) is 6.30. The summed E-state index contributed by atoms with van der Waals surface area (Å²) in [6.07, 6.45) is 2.09. The second-order valence-corrected chi connectivity index (χ2v) is 7.16. The van der Waals surface area contributed by atoms with E-state index in [9.17, 15) is 0 Å². The highest BCUT2D eigenvalue weighted by Gasteiger charge is 2.17. The molecule has 0 aliphatic carbocycles. The Morgan fingerprint density at radius 2 is 2.32 bits per heavy atom. The molecule has 120 valence electrons. The lowest BCUT2D eigenvalue weighted by Gasteiger charge is -2.12. The number of aromatic nitrogens is 2. The second kappa shape index (κ2) is 6.89. The smallest absolute Gasteiger partial charge is 0.162 e. The molecule has 6 heteroatoms. The summed E-state index contributed by atoms with van der Waals surface area (Å²) < 4.78 is 5.37. The van der Waals surface area contributed by atoms with E-state index >= 15 is 0 Å². The van der Waals surface area contributed by atoms with Crippen LogP contribution in [0.1, 0.15) is 31.7 Å². The van der Waals surface area contributed by atoms with Crippen molar-refractivity contribution in [2.24, 2.45) is 11.8 Å². The molecule has 0 radical (unpaired) electrons. The standard InChI is InChI=1S/C16H23N3O2S/c1-10(2)6-13-9-22-16-14(13)15(17-11(3)18-16)19-21-8-12-4-5-20-7-12/h9-10,12H,4-8H2,1-3H3,(H,17,18,19). The van der Waals surface area contributed by atoms with Gasteiger partial charge in [-0.2, -0.15) is 0 Å². The van der Waals surface area contributed by atoms with Gasteiger partial charge in [0, 0.05) is 12.5 Å². The molecule has 0 amide bonds. The van der Waals surface area contributed by atoms with Crippen LogP contribution in [-0.4, -0.2) is 29.8 Å². The molecule has 2 aromatic heterocycles. The van der Waals surface area contributed by atoms with Gasteiger partial charge in [-0.25, -0.2) is 15.4 Å². The first-order valence-electron chi connectivity index (χ1n) is 7.83. The number of rotatable bonds is 6. The SMILES string of the molecule is Cc1nc(NOCC2CCOC2)c2c(CC(C)C)csc2n1. The average Bonchev–Trinajstić information content (AvgIpc) is 3.08. The van der Waals surface area contributed by atoms with Crippen LogP contribution in [0.3, 0.4) is 0 Å². The van der Waals surface area contributed by atoms with E-state index in [-0.39, 0.29) is 0 Å². The van der Waals surface area contributed by atoms with Crippen LogP contribution in [0.5, 0.6) is 0 Å². The van der Waals surface area contributed by atoms with Crippen molar-refractivity contribution in [3.05, 3.63) is 16.8 Å². The fourth-order valence-electron chi connectivity index (χ4n) is 2.71. The molecule has 1 aliphatic rings. The van der Waals surface area contributed by atoms with Crippen LogP contribution >= 0.6 is 11.3 Å². The lowest BCUT2D eigenvalue weighted by atomic mass is 10.0. The number of nitrogens with zero attached hydrogens (tertiary/aromatic N) is 2. The minimum Gasteiger partial charge on any atom is -0.381 e. The summed E-state index contributed by atoms with van der Waals surface area (Å²) in [5.41, 5.74) is 4.35. The molecule has 1 aliphatic heterocycles. The highest BCUT2D eigenvalue weighted by atomic mass is 32.1. The predicted molar refractivity (Wildman–Crippen MR) is 89.2 cm³/mol. The third kappa shape index (κ3) is 3.56. The van der Waals surface area contributed by atoms with E-state index in [0.717, 1.165) is 47.9 Å². The third-order valence-corrected chi connectivity index (χ3v) is 4.68. The van der Waals surface area contributed by atoms with Gasteiger partial charge in [-0.05, 0) is 36.6 Å². The summed E-state index contributed by atoms with van der Waals surface area (Å²) in [6.45, 7) is 8.64. The zero-order valence-corrected chi connectivity index (χ0v) is 14.2. The molecule has 3 rings (SSSR count). The van der Waals surface area contributed by atoms with E-state index < -0.39 is 0 Å². The van der Waals surface area contributed by atoms with E-state index in [1.807, 2.05) is 6.92 Å². The Morgan fingerprint density at radius 1 is 1.45 bits per heavy atom. The van der Waals surface area contributed by atoms with Gasteiger partial charge in [0.05, 0.1) is 18.6 Å². The fourth-order valence-corrected chi connectivity index (χ4v) is 3.71. The molecule has 1 unspecified atom stereocenters. The van der Waals surface area contributed by atoms with E-state index in [2.05, 4.69) is 34.7 Å². The number of anilines is 1. The summed E-state index contributed by atoms with van der Waals surface area (Å²) in [7, 11) is 0. The number of hydrogen-bond donors (Lipinski definition) is 1. The summed E-state index contributed by atoms with van der Waals surface area (Å²) in [6, 6.07) is 0. The normalized spacial score (nSPS) is 18.5. The lowest BCUT2D eigenvalue weighted by Crippen LogP contribution is -2.14. The largest absolute Gasteiger partial charge is 0.381 e. The number of hydrogen-bond acceptors (Lipinski definition) is 6. The fraction of sp³-hybridized carbons (Fsp3) is 0.625. The van der Waals surface area contributed by atoms with Gasteiger partial charge < -0.3 is 4.74 Å². The first-order chi connectivity index (χ1) is 10.6. The molecule has 0 spiro atoms. The molecule has 3 heterocycles. The Bertz CT molecular complexity index is 636. The topological polar surface area (TPSA) is 56.3 Å². The van der Waals surface area contributed by atoms with Crippen molar-refractivity contribution in [1.29, 1.82) is 0 Å². The maximum atomic E-state index is 5.68. The molecule has 0 aromatic carbocycles. The van der Waals surface area contributed by atoms with Crippen molar-refractivity contribution < 1.29 is 9.57 Å². The molecule has 1 fully saturated rings. The van der Waals surface area contributed by atoms with Gasteiger partial charge in [0.2, 0.25) is 0 Å². The number of aryl methyl sites for hydroxylation is 1. The molecule has 22 heavy (non-hydrogen) atoms. The maximum absolute atomic E-state index is 5.68. The summed E-state index contributed by atoms with van der Waals surface area (Å²) in [5, 5.41) is 3.29. The first-order valence-corrected chi connectivity index (χ1v) is 8.71. The van der Waals surface area contributed by atoms with Crippen molar-refractivity contribution in [1.82, 2.24) is 9.97 Å². The Morgan fingerprint density at radius 3 is 3.05 bits per heavy atom. The summed E-state index contributed by atoms with van der Waals surface area (Å²) >= 11 is 1.68. The Kier molecular flexibility index (Phi) is 4.90. The van der Waals surface area contributed by atoms with Crippen molar-refractivity contribution in [2.75, 3.05) is 25.3 Å². The molecule has 0 saturated carbocycles. The molecular weight excluding hydrogens is 298 g/mol. The monoisotopic (exact) mass is 321 g/mol. The summed E-state index contributed by atoms with van der Waals surface area (Å²) in [5.74, 6) is 2.63. The maximum Gasteiger partial charge on any atom is 0.162 e. The van der Waals surface area contributed by atoms with Crippen LogP contribution in [0.15, 0.2) is 5.38 Å². The zero-order valence-electron chi connectivity index (χ0n) is 13.4. The average molecular weight is 321 g/mol. The minimum atomic E-state index is 0.475. The highest BCUT2D eigenvalue weighted by Crippen LogP contribution is 2.31. The molecule has 2 aromatic rings. The quantitative estimate of drug-likeness (QED) is 0.824. The van der Waals surface area contributed by atoms with Crippen LogP contribution in [0.25, 0.3) is 10.2 Å². The number of ether oxygens (including phenoxy) is 1. The molecule has 0 bridgehead atoms. The number of nitrogens with one attached hydrogen (secondary N) is 1. The van der Waals surface area contributed by atoms with E-state index in [1.165, 1.54) is 5.56 Å². The van der Waals surface area contributed by atoms with Crippen LogP contribution in [-0.2, 0) is 16.0 Å². The highest BCUT2D eigenvalue weighted by molar-refractivity contribution is 7.17. The van der Waals surface area contributed by atoms with Gasteiger partial charge >= 0.3 is 0 Å². The summed E-state index contributed by atoms with van der Waals surface area (Å²) in [4.78, 5) is 15.8.